The number of nitrogens with zero attached hydrogens (tertiary/aromatic N) is 3. The summed E-state index contributed by atoms with van der Waals surface area (Å²) in [5.41, 5.74) is 1.95. The molecule has 6 nitrogen and oxygen atoms in total. The van der Waals surface area contributed by atoms with E-state index in [2.05, 4.69) is 10.2 Å². The van der Waals surface area contributed by atoms with Crippen LogP contribution in [0.4, 0.5) is 0 Å². The van der Waals surface area contributed by atoms with Gasteiger partial charge in [-0.1, -0.05) is 72.0 Å². The van der Waals surface area contributed by atoms with Crippen molar-refractivity contribution in [3.05, 3.63) is 87.2 Å². The summed E-state index contributed by atoms with van der Waals surface area (Å²) in [5, 5.41) is 11.2. The van der Waals surface area contributed by atoms with Crippen molar-refractivity contribution in [3.63, 3.8) is 0 Å². The van der Waals surface area contributed by atoms with Crippen LogP contribution in [0, 0.1) is 0 Å². The third-order valence-electron chi connectivity index (χ3n) is 4.87. The van der Waals surface area contributed by atoms with Crippen molar-refractivity contribution in [3.8, 4) is 0 Å². The zero-order valence-corrected chi connectivity index (χ0v) is 18.1. The molecule has 0 spiro atoms. The number of aromatic nitrogens is 2. The Hall–Kier alpha value is -2.39. The average Bonchev–Trinajstić information content (AvgIpc) is 3.44. The van der Waals surface area contributed by atoms with Crippen LogP contribution < -0.4 is 0 Å². The van der Waals surface area contributed by atoms with Crippen LogP contribution in [0.3, 0.4) is 0 Å². The van der Waals surface area contributed by atoms with E-state index in [1.54, 1.807) is 6.08 Å². The van der Waals surface area contributed by atoms with Crippen LogP contribution in [0.2, 0.25) is 0 Å². The van der Waals surface area contributed by atoms with Gasteiger partial charge in [-0.15, -0.1) is 10.2 Å². The Kier molecular flexibility index (Phi) is 6.69. The molecule has 0 amide bonds. The van der Waals surface area contributed by atoms with E-state index in [1.165, 1.54) is 21.1 Å². The Bertz CT molecular complexity index is 1080. The highest BCUT2D eigenvalue weighted by molar-refractivity contribution is 7.92. The van der Waals surface area contributed by atoms with Gasteiger partial charge in [0.05, 0.1) is 12.6 Å². The average molecular weight is 442 g/mol. The number of ether oxygens (including phenoxy) is 1. The number of sulfonamides is 1. The number of hydrogen-bond acceptors (Lipinski definition) is 6. The highest BCUT2D eigenvalue weighted by Crippen LogP contribution is 2.36. The van der Waals surface area contributed by atoms with Gasteiger partial charge in [-0.3, -0.25) is 0 Å². The lowest BCUT2D eigenvalue weighted by Crippen LogP contribution is -2.28. The van der Waals surface area contributed by atoms with Crippen molar-refractivity contribution in [1.82, 2.24) is 14.5 Å². The van der Waals surface area contributed by atoms with Crippen molar-refractivity contribution < 1.29 is 13.2 Å². The molecule has 0 bridgehead atoms. The van der Waals surface area contributed by atoms with Crippen molar-refractivity contribution in [2.75, 3.05) is 6.54 Å². The van der Waals surface area contributed by atoms with E-state index in [0.717, 1.165) is 34.0 Å². The molecule has 0 radical (unpaired) electrons. The summed E-state index contributed by atoms with van der Waals surface area (Å²) in [7, 11) is -3.54. The van der Waals surface area contributed by atoms with E-state index >= 15 is 0 Å². The molecule has 156 valence electrons. The molecular formula is C22H23N3O3S2. The van der Waals surface area contributed by atoms with Crippen molar-refractivity contribution in [1.29, 1.82) is 0 Å². The minimum absolute atomic E-state index is 0.268. The van der Waals surface area contributed by atoms with E-state index in [9.17, 15) is 8.42 Å². The van der Waals surface area contributed by atoms with Crippen molar-refractivity contribution in [2.24, 2.45) is 0 Å². The van der Waals surface area contributed by atoms with Crippen LogP contribution in [0.25, 0.3) is 6.08 Å². The predicted octanol–water partition coefficient (Wildman–Crippen LogP) is 4.39. The maximum Gasteiger partial charge on any atom is 0.236 e. The van der Waals surface area contributed by atoms with Gasteiger partial charge in [0.2, 0.25) is 10.0 Å². The molecule has 1 aromatic heterocycles. The van der Waals surface area contributed by atoms with Gasteiger partial charge in [-0.05, 0) is 30.0 Å². The molecule has 1 fully saturated rings. The Balaban J connectivity index is 1.40. The predicted molar refractivity (Wildman–Crippen MR) is 118 cm³/mol. The fourth-order valence-corrected chi connectivity index (χ4v) is 5.81. The highest BCUT2D eigenvalue weighted by atomic mass is 32.2. The molecule has 4 rings (SSSR count). The molecule has 0 aliphatic carbocycles. The van der Waals surface area contributed by atoms with E-state index in [0.29, 0.717) is 19.8 Å². The molecule has 1 aliphatic heterocycles. The van der Waals surface area contributed by atoms with Gasteiger partial charge in [0.25, 0.3) is 0 Å². The van der Waals surface area contributed by atoms with Crippen LogP contribution >= 0.6 is 11.3 Å². The second-order valence-electron chi connectivity index (χ2n) is 7.04. The molecular weight excluding hydrogens is 418 g/mol. The third kappa shape index (κ3) is 5.20. The summed E-state index contributed by atoms with van der Waals surface area (Å²) < 4.78 is 33.1. The van der Waals surface area contributed by atoms with Gasteiger partial charge in [0.15, 0.2) is 0 Å². The number of benzene rings is 2. The Morgan fingerprint density at radius 2 is 1.77 bits per heavy atom. The Labute approximate surface area is 180 Å². The number of hydrogen-bond donors (Lipinski definition) is 0. The summed E-state index contributed by atoms with van der Waals surface area (Å²) >= 11 is 1.42. The van der Waals surface area contributed by atoms with E-state index in [1.807, 2.05) is 60.7 Å². The molecule has 1 unspecified atom stereocenters. The topological polar surface area (TPSA) is 72.4 Å². The normalized spacial score (nSPS) is 17.7. The van der Waals surface area contributed by atoms with Gasteiger partial charge >= 0.3 is 0 Å². The fourth-order valence-electron chi connectivity index (χ4n) is 3.39. The Morgan fingerprint density at radius 3 is 2.53 bits per heavy atom. The maximum absolute atomic E-state index is 12.9. The van der Waals surface area contributed by atoms with Crippen molar-refractivity contribution >= 4 is 27.4 Å². The molecule has 1 atom stereocenters. The maximum atomic E-state index is 12.9. The largest absolute Gasteiger partial charge is 0.370 e. The van der Waals surface area contributed by atoms with Gasteiger partial charge < -0.3 is 4.74 Å². The Morgan fingerprint density at radius 1 is 1.03 bits per heavy atom. The minimum atomic E-state index is -3.54. The van der Waals surface area contributed by atoms with E-state index in [4.69, 9.17) is 4.74 Å². The summed E-state index contributed by atoms with van der Waals surface area (Å²) in [5.74, 6) is 0. The molecule has 0 N–H and O–H groups in total. The lowest BCUT2D eigenvalue weighted by atomic mass is 10.2. The molecule has 30 heavy (non-hydrogen) atoms. The molecule has 1 aliphatic rings. The molecule has 8 heteroatoms. The van der Waals surface area contributed by atoms with Crippen LogP contribution in [-0.4, -0.2) is 29.5 Å². The molecule has 2 aromatic carbocycles. The van der Waals surface area contributed by atoms with Gasteiger partial charge in [0, 0.05) is 12.0 Å². The zero-order valence-electron chi connectivity index (χ0n) is 16.4. The molecule has 2 heterocycles. The van der Waals surface area contributed by atoms with Gasteiger partial charge in [-0.2, -0.15) is 4.31 Å². The van der Waals surface area contributed by atoms with Gasteiger partial charge in [0.1, 0.15) is 16.6 Å². The highest BCUT2D eigenvalue weighted by Gasteiger charge is 2.36. The number of rotatable bonds is 8. The second kappa shape index (κ2) is 9.61. The van der Waals surface area contributed by atoms with Crippen LogP contribution in [-0.2, 0) is 28.0 Å². The summed E-state index contributed by atoms with van der Waals surface area (Å²) in [4.78, 5) is 0. The standard InChI is InChI=1S/C22H23N3O3S2/c26-30(27,15-13-18-8-3-1-4-9-18)25-14-7-12-20(25)22-24-23-21(29-22)17-28-16-19-10-5-2-6-11-19/h1-6,8-11,13,15,20H,7,12,14,16-17H2/b15-13+. The molecule has 0 saturated carbocycles. The van der Waals surface area contributed by atoms with Crippen LogP contribution in [0.5, 0.6) is 0 Å². The SMILES string of the molecule is O=S(=O)(/C=C/c1ccccc1)N1CCCC1c1nnc(COCc2ccccc2)s1. The summed E-state index contributed by atoms with van der Waals surface area (Å²) in [6.07, 6.45) is 3.19. The first kappa shape index (κ1) is 20.9. The lowest BCUT2D eigenvalue weighted by Gasteiger charge is -2.20. The first-order chi connectivity index (χ1) is 14.6. The summed E-state index contributed by atoms with van der Waals surface area (Å²) in [6, 6.07) is 19.1. The first-order valence-electron chi connectivity index (χ1n) is 9.81. The lowest BCUT2D eigenvalue weighted by molar-refractivity contribution is 0.106. The smallest absolute Gasteiger partial charge is 0.236 e. The van der Waals surface area contributed by atoms with Crippen LogP contribution in [0.1, 0.15) is 40.0 Å². The van der Waals surface area contributed by atoms with Crippen molar-refractivity contribution in [2.45, 2.75) is 32.1 Å². The van der Waals surface area contributed by atoms with E-state index < -0.39 is 10.0 Å². The summed E-state index contributed by atoms with van der Waals surface area (Å²) in [6.45, 7) is 1.36. The third-order valence-corrected chi connectivity index (χ3v) is 7.44. The minimum Gasteiger partial charge on any atom is -0.370 e. The monoisotopic (exact) mass is 441 g/mol. The van der Waals surface area contributed by atoms with Crippen LogP contribution in [0.15, 0.2) is 66.1 Å². The fraction of sp³-hybridized carbons (Fsp3) is 0.273. The van der Waals surface area contributed by atoms with Gasteiger partial charge in [-0.25, -0.2) is 8.42 Å². The first-order valence-corrected chi connectivity index (χ1v) is 12.1. The quantitative estimate of drug-likeness (QED) is 0.518. The van der Waals surface area contributed by atoms with E-state index in [-0.39, 0.29) is 6.04 Å². The molecule has 1 saturated heterocycles. The zero-order chi connectivity index (χ0) is 20.8. The second-order valence-corrected chi connectivity index (χ2v) is 9.90. The molecule has 3 aromatic rings.